The zero-order valence-corrected chi connectivity index (χ0v) is 10.7. The van der Waals surface area contributed by atoms with E-state index in [-0.39, 0.29) is 11.4 Å². The molecule has 1 aromatic carbocycles. The summed E-state index contributed by atoms with van der Waals surface area (Å²) in [5.74, 6) is -1.44. The number of nitrogens with one attached hydrogen (secondary N) is 1. The zero-order valence-electron chi connectivity index (χ0n) is 10.7. The summed E-state index contributed by atoms with van der Waals surface area (Å²) in [6, 6.07) is 5.34. The van der Waals surface area contributed by atoms with Gasteiger partial charge in [-0.05, 0) is 18.2 Å². The number of hydrogen-bond acceptors (Lipinski definition) is 5. The van der Waals surface area contributed by atoms with Crippen molar-refractivity contribution >= 4 is 17.5 Å². The first-order chi connectivity index (χ1) is 10.0. The first kappa shape index (κ1) is 13.0. The molecule has 1 N–H and O–H groups in total. The number of non-ortho nitro benzene ring substituents is 1. The third-order valence-electron chi connectivity index (χ3n) is 3.43. The number of nitrogens with zero attached hydrogens (tertiary/aromatic N) is 1. The Morgan fingerprint density at radius 3 is 2.57 bits per heavy atom. The van der Waals surface area contributed by atoms with Crippen molar-refractivity contribution in [2.45, 2.75) is 5.60 Å². The Morgan fingerprint density at radius 1 is 1.19 bits per heavy atom. The van der Waals surface area contributed by atoms with E-state index in [9.17, 15) is 19.7 Å². The minimum Gasteiger partial charge on any atom is -0.472 e. The van der Waals surface area contributed by atoms with Gasteiger partial charge < -0.3 is 4.74 Å². The Kier molecular flexibility index (Phi) is 2.83. The van der Waals surface area contributed by atoms with E-state index in [1.165, 1.54) is 30.3 Å². The molecule has 2 unspecified atom stereocenters. The number of amides is 2. The SMILES string of the molecule is O=C1NC(=O)C2(Oc3ccc([N+](=O)[O-])cc3)C=CC=CC12. The highest BCUT2D eigenvalue weighted by atomic mass is 16.6. The first-order valence-electron chi connectivity index (χ1n) is 6.18. The number of fused-ring (bicyclic) bond motifs is 1. The first-order valence-corrected chi connectivity index (χ1v) is 6.18. The maximum absolute atomic E-state index is 12.1. The molecule has 2 atom stereocenters. The molecule has 2 amide bonds. The van der Waals surface area contributed by atoms with Crippen LogP contribution in [0.25, 0.3) is 0 Å². The van der Waals surface area contributed by atoms with Gasteiger partial charge in [-0.25, -0.2) is 0 Å². The Balaban J connectivity index is 1.93. The van der Waals surface area contributed by atoms with E-state index in [0.29, 0.717) is 0 Å². The lowest BCUT2D eigenvalue weighted by molar-refractivity contribution is -0.384. The van der Waals surface area contributed by atoms with Crippen molar-refractivity contribution in [3.63, 3.8) is 0 Å². The monoisotopic (exact) mass is 286 g/mol. The minimum absolute atomic E-state index is 0.0811. The average molecular weight is 286 g/mol. The van der Waals surface area contributed by atoms with E-state index in [1.54, 1.807) is 18.2 Å². The number of rotatable bonds is 3. The lowest BCUT2D eigenvalue weighted by atomic mass is 9.85. The van der Waals surface area contributed by atoms with E-state index in [0.717, 1.165) is 0 Å². The van der Waals surface area contributed by atoms with E-state index in [2.05, 4.69) is 5.32 Å². The van der Waals surface area contributed by atoms with Crippen LogP contribution in [0.4, 0.5) is 5.69 Å². The van der Waals surface area contributed by atoms with Crippen LogP contribution in [-0.4, -0.2) is 22.3 Å². The lowest BCUT2D eigenvalue weighted by Gasteiger charge is -2.29. The molecule has 1 aromatic rings. The summed E-state index contributed by atoms with van der Waals surface area (Å²) in [4.78, 5) is 33.9. The molecule has 0 bridgehead atoms. The minimum atomic E-state index is -1.43. The van der Waals surface area contributed by atoms with E-state index in [1.807, 2.05) is 0 Å². The van der Waals surface area contributed by atoms with Crippen LogP contribution < -0.4 is 10.1 Å². The number of carbonyl (C=O) groups is 2. The molecule has 0 aromatic heterocycles. The van der Waals surface area contributed by atoms with Crippen molar-refractivity contribution in [1.82, 2.24) is 5.32 Å². The van der Waals surface area contributed by atoms with Crippen LogP contribution in [0.15, 0.2) is 48.6 Å². The van der Waals surface area contributed by atoms with Crippen molar-refractivity contribution in [2.24, 2.45) is 5.92 Å². The molecule has 1 saturated heterocycles. The highest BCUT2D eigenvalue weighted by Crippen LogP contribution is 2.35. The van der Waals surface area contributed by atoms with Gasteiger partial charge in [0, 0.05) is 12.1 Å². The second-order valence-electron chi connectivity index (χ2n) is 4.69. The second kappa shape index (κ2) is 4.55. The molecular formula is C14H10N2O5. The molecule has 1 heterocycles. The van der Waals surface area contributed by atoms with Gasteiger partial charge in [0.05, 0.1) is 4.92 Å². The highest BCUT2D eigenvalue weighted by molar-refractivity contribution is 6.11. The summed E-state index contributed by atoms with van der Waals surface area (Å²) in [5, 5.41) is 12.9. The molecule has 21 heavy (non-hydrogen) atoms. The molecular weight excluding hydrogens is 276 g/mol. The summed E-state index contributed by atoms with van der Waals surface area (Å²) in [6.07, 6.45) is 6.39. The van der Waals surface area contributed by atoms with Crippen LogP contribution in [0.2, 0.25) is 0 Å². The summed E-state index contributed by atoms with van der Waals surface area (Å²) in [5.41, 5.74) is -1.51. The van der Waals surface area contributed by atoms with Gasteiger partial charge in [-0.15, -0.1) is 0 Å². The van der Waals surface area contributed by atoms with Gasteiger partial charge in [0.1, 0.15) is 11.7 Å². The maximum atomic E-state index is 12.1. The topological polar surface area (TPSA) is 98.5 Å². The third kappa shape index (κ3) is 1.99. The van der Waals surface area contributed by atoms with E-state index in [4.69, 9.17) is 4.74 Å². The van der Waals surface area contributed by atoms with Gasteiger partial charge >= 0.3 is 0 Å². The number of nitro benzene ring substituents is 1. The maximum Gasteiger partial charge on any atom is 0.276 e. The summed E-state index contributed by atoms with van der Waals surface area (Å²) in [6.45, 7) is 0. The standard InChI is InChI=1S/C14H10N2O5/c17-12-11-3-1-2-8-14(11,13(18)15-12)21-10-6-4-9(5-7-10)16(19)20/h1-8,11H,(H,15,17,18). The van der Waals surface area contributed by atoms with Crippen LogP contribution in [0.3, 0.4) is 0 Å². The molecule has 0 saturated carbocycles. The van der Waals surface area contributed by atoms with Crippen LogP contribution in [0, 0.1) is 16.0 Å². The molecule has 1 fully saturated rings. The zero-order chi connectivity index (χ0) is 15.0. The molecule has 0 spiro atoms. The van der Waals surface area contributed by atoms with Gasteiger partial charge in [0.25, 0.3) is 11.6 Å². The number of imide groups is 1. The van der Waals surface area contributed by atoms with Crippen molar-refractivity contribution < 1.29 is 19.2 Å². The predicted octanol–water partition coefficient (Wildman–Crippen LogP) is 1.11. The number of carbonyl (C=O) groups excluding carboxylic acids is 2. The van der Waals surface area contributed by atoms with Crippen LogP contribution in [0.5, 0.6) is 5.75 Å². The fourth-order valence-electron chi connectivity index (χ4n) is 2.38. The van der Waals surface area contributed by atoms with E-state index >= 15 is 0 Å². The van der Waals surface area contributed by atoms with Crippen LogP contribution >= 0.6 is 0 Å². The Hall–Kier alpha value is -2.96. The van der Waals surface area contributed by atoms with Gasteiger partial charge in [-0.1, -0.05) is 18.2 Å². The molecule has 1 aliphatic heterocycles. The molecule has 0 radical (unpaired) electrons. The lowest BCUT2D eigenvalue weighted by Crippen LogP contribution is -2.46. The fraction of sp³-hybridized carbons (Fsp3) is 0.143. The molecule has 3 rings (SSSR count). The number of hydrogen-bond donors (Lipinski definition) is 1. The Morgan fingerprint density at radius 2 is 1.90 bits per heavy atom. The van der Waals surface area contributed by atoms with Crippen molar-refractivity contribution in [3.05, 3.63) is 58.7 Å². The largest absolute Gasteiger partial charge is 0.472 e. The second-order valence-corrected chi connectivity index (χ2v) is 4.69. The van der Waals surface area contributed by atoms with Crippen molar-refractivity contribution in [3.8, 4) is 5.75 Å². The van der Waals surface area contributed by atoms with Gasteiger partial charge in [-0.2, -0.15) is 0 Å². The average Bonchev–Trinajstić information content (AvgIpc) is 2.71. The summed E-state index contributed by atoms with van der Waals surface area (Å²) in [7, 11) is 0. The van der Waals surface area contributed by atoms with Gasteiger partial charge in [0.2, 0.25) is 11.5 Å². The number of nitro groups is 1. The molecule has 2 aliphatic rings. The van der Waals surface area contributed by atoms with Gasteiger partial charge in [-0.3, -0.25) is 25.0 Å². The van der Waals surface area contributed by atoms with Crippen LogP contribution in [0.1, 0.15) is 0 Å². The molecule has 7 heteroatoms. The number of benzene rings is 1. The van der Waals surface area contributed by atoms with Crippen molar-refractivity contribution in [1.29, 1.82) is 0 Å². The Bertz CT molecular complexity index is 692. The van der Waals surface area contributed by atoms with Crippen LogP contribution in [-0.2, 0) is 9.59 Å². The number of allylic oxidation sites excluding steroid dienone is 2. The summed E-state index contributed by atoms with van der Waals surface area (Å²) < 4.78 is 5.69. The quantitative estimate of drug-likeness (QED) is 0.510. The third-order valence-corrected chi connectivity index (χ3v) is 3.43. The molecule has 1 aliphatic carbocycles. The van der Waals surface area contributed by atoms with Gasteiger partial charge in [0.15, 0.2) is 0 Å². The fourth-order valence-corrected chi connectivity index (χ4v) is 2.38. The Labute approximate surface area is 119 Å². The highest BCUT2D eigenvalue weighted by Gasteiger charge is 2.55. The smallest absolute Gasteiger partial charge is 0.276 e. The molecule has 7 nitrogen and oxygen atoms in total. The molecule has 106 valence electrons. The summed E-state index contributed by atoms with van der Waals surface area (Å²) >= 11 is 0. The number of ether oxygens (including phenoxy) is 1. The normalized spacial score (nSPS) is 26.4. The van der Waals surface area contributed by atoms with E-state index < -0.39 is 28.3 Å². The van der Waals surface area contributed by atoms with Crippen molar-refractivity contribution in [2.75, 3.05) is 0 Å². The predicted molar refractivity (Wildman–Crippen MR) is 71.4 cm³/mol.